The maximum Gasteiger partial charge on any atom is 0.229 e. The fourth-order valence-electron chi connectivity index (χ4n) is 3.56. The van der Waals surface area contributed by atoms with E-state index in [1.807, 2.05) is 0 Å². The Hall–Kier alpha value is -0.650. The summed E-state index contributed by atoms with van der Waals surface area (Å²) in [5.41, 5.74) is 6.15. The van der Waals surface area contributed by atoms with Gasteiger partial charge in [-0.2, -0.15) is 4.98 Å². The van der Waals surface area contributed by atoms with Crippen LogP contribution < -0.4 is 5.73 Å². The lowest BCUT2D eigenvalue weighted by Crippen LogP contribution is -2.30. The van der Waals surface area contributed by atoms with E-state index in [0.717, 1.165) is 37.3 Å². The third kappa shape index (κ3) is 2.51. The second kappa shape index (κ2) is 5.04. The lowest BCUT2D eigenvalue weighted by molar-refractivity contribution is 0.283. The molecular formula is C13H21ClN4O. The second-order valence-corrected chi connectivity index (χ2v) is 6.18. The maximum atomic E-state index is 6.15. The molecule has 19 heavy (non-hydrogen) atoms. The molecule has 3 atom stereocenters. The molecule has 0 aromatic carbocycles. The van der Waals surface area contributed by atoms with Crippen molar-refractivity contribution in [1.82, 2.24) is 15.0 Å². The van der Waals surface area contributed by atoms with Crippen LogP contribution >= 0.6 is 12.4 Å². The fourth-order valence-corrected chi connectivity index (χ4v) is 3.56. The third-order valence-electron chi connectivity index (χ3n) is 4.76. The van der Waals surface area contributed by atoms with Gasteiger partial charge in [0.2, 0.25) is 5.89 Å². The van der Waals surface area contributed by atoms with Crippen LogP contribution in [0.2, 0.25) is 0 Å². The first kappa shape index (κ1) is 13.3. The summed E-state index contributed by atoms with van der Waals surface area (Å²) in [5.74, 6) is 3.75. The number of likely N-dealkylation sites (tertiary alicyclic amines) is 1. The quantitative estimate of drug-likeness (QED) is 0.912. The number of nitrogens with two attached hydrogens (primary N) is 1. The highest BCUT2D eigenvalue weighted by atomic mass is 35.5. The van der Waals surface area contributed by atoms with E-state index in [1.165, 1.54) is 25.7 Å². The number of fused-ring (bicyclic) bond motifs is 1. The Morgan fingerprint density at radius 3 is 2.79 bits per heavy atom. The van der Waals surface area contributed by atoms with E-state index in [9.17, 15) is 0 Å². The van der Waals surface area contributed by atoms with Crippen LogP contribution in [0.25, 0.3) is 0 Å². The normalized spacial score (nSPS) is 34.3. The molecule has 1 aliphatic heterocycles. The van der Waals surface area contributed by atoms with Crippen molar-refractivity contribution >= 4 is 12.4 Å². The van der Waals surface area contributed by atoms with E-state index >= 15 is 0 Å². The predicted molar refractivity (Wildman–Crippen MR) is 73.0 cm³/mol. The summed E-state index contributed by atoms with van der Waals surface area (Å²) < 4.78 is 5.30. The van der Waals surface area contributed by atoms with Gasteiger partial charge in [-0.25, -0.2) is 0 Å². The SMILES string of the molecule is Cl.NC1CCC2CN(Cc3noc(C4CC4)n3)CC12. The molecule has 2 saturated carbocycles. The van der Waals surface area contributed by atoms with Gasteiger partial charge in [-0.3, -0.25) is 4.90 Å². The lowest BCUT2D eigenvalue weighted by atomic mass is 9.98. The van der Waals surface area contributed by atoms with Crippen molar-refractivity contribution in [3.63, 3.8) is 0 Å². The zero-order chi connectivity index (χ0) is 12.1. The first-order chi connectivity index (χ1) is 8.79. The van der Waals surface area contributed by atoms with Crippen molar-refractivity contribution in [1.29, 1.82) is 0 Å². The molecule has 2 N–H and O–H groups in total. The summed E-state index contributed by atoms with van der Waals surface area (Å²) in [6, 6.07) is 0.410. The molecular weight excluding hydrogens is 264 g/mol. The lowest BCUT2D eigenvalue weighted by Gasteiger charge is -2.16. The van der Waals surface area contributed by atoms with Gasteiger partial charge in [-0.15, -0.1) is 12.4 Å². The molecule has 4 rings (SSSR count). The van der Waals surface area contributed by atoms with Crippen LogP contribution in [0.1, 0.15) is 43.3 Å². The standard InChI is InChI=1S/C13H20N4O.ClH/c14-11-4-3-9-5-17(6-10(9)11)7-12-15-13(18-16-12)8-1-2-8;/h8-11H,1-7,14H2;1H. The van der Waals surface area contributed by atoms with E-state index in [1.54, 1.807) is 0 Å². The minimum Gasteiger partial charge on any atom is -0.339 e. The topological polar surface area (TPSA) is 68.2 Å². The third-order valence-corrected chi connectivity index (χ3v) is 4.76. The molecule has 0 spiro atoms. The van der Waals surface area contributed by atoms with E-state index in [4.69, 9.17) is 10.3 Å². The Labute approximate surface area is 119 Å². The minimum atomic E-state index is 0. The Balaban J connectivity index is 0.00000110. The van der Waals surface area contributed by atoms with Crippen molar-refractivity contribution in [2.75, 3.05) is 13.1 Å². The number of halogens is 1. The first-order valence-corrected chi connectivity index (χ1v) is 7.10. The molecule has 6 heteroatoms. The van der Waals surface area contributed by atoms with Crippen LogP contribution in [0.15, 0.2) is 4.52 Å². The molecule has 1 aromatic heterocycles. The predicted octanol–water partition coefficient (Wildman–Crippen LogP) is 1.54. The molecule has 2 aliphatic carbocycles. The Morgan fingerprint density at radius 1 is 1.21 bits per heavy atom. The van der Waals surface area contributed by atoms with Crippen molar-refractivity contribution in [3.05, 3.63) is 11.7 Å². The molecule has 1 saturated heterocycles. The molecule has 0 amide bonds. The van der Waals surface area contributed by atoms with E-state index < -0.39 is 0 Å². The van der Waals surface area contributed by atoms with Gasteiger partial charge in [0, 0.05) is 25.0 Å². The number of aromatic nitrogens is 2. The zero-order valence-corrected chi connectivity index (χ0v) is 11.8. The summed E-state index contributed by atoms with van der Waals surface area (Å²) in [7, 11) is 0. The van der Waals surface area contributed by atoms with E-state index in [2.05, 4.69) is 15.0 Å². The van der Waals surface area contributed by atoms with Gasteiger partial charge in [0.15, 0.2) is 5.82 Å². The van der Waals surface area contributed by atoms with E-state index in [0.29, 0.717) is 17.9 Å². The number of hydrogen-bond acceptors (Lipinski definition) is 5. The van der Waals surface area contributed by atoms with Crippen LogP contribution in [-0.2, 0) is 6.54 Å². The second-order valence-electron chi connectivity index (χ2n) is 6.18. The largest absolute Gasteiger partial charge is 0.339 e. The van der Waals surface area contributed by atoms with Crippen LogP contribution in [0.5, 0.6) is 0 Å². The van der Waals surface area contributed by atoms with Gasteiger partial charge in [0.05, 0.1) is 6.54 Å². The summed E-state index contributed by atoms with van der Waals surface area (Å²) in [4.78, 5) is 6.94. The summed E-state index contributed by atoms with van der Waals surface area (Å²) >= 11 is 0. The highest BCUT2D eigenvalue weighted by molar-refractivity contribution is 5.85. The average Bonchev–Trinajstić information content (AvgIpc) is 2.82. The molecule has 2 heterocycles. The number of nitrogens with zero attached hydrogens (tertiary/aromatic N) is 3. The van der Waals surface area contributed by atoms with Crippen molar-refractivity contribution in [2.45, 2.75) is 44.2 Å². The summed E-state index contributed by atoms with van der Waals surface area (Å²) in [5, 5.41) is 4.09. The fraction of sp³-hybridized carbons (Fsp3) is 0.846. The van der Waals surface area contributed by atoms with Crippen LogP contribution in [0.4, 0.5) is 0 Å². The van der Waals surface area contributed by atoms with Gasteiger partial charge in [0.25, 0.3) is 0 Å². The van der Waals surface area contributed by atoms with Gasteiger partial charge in [0.1, 0.15) is 0 Å². The molecule has 5 nitrogen and oxygen atoms in total. The highest BCUT2D eigenvalue weighted by Crippen LogP contribution is 2.39. The summed E-state index contributed by atoms with van der Waals surface area (Å²) in [6.07, 6.45) is 4.92. The monoisotopic (exact) mass is 284 g/mol. The minimum absolute atomic E-state index is 0. The van der Waals surface area contributed by atoms with Gasteiger partial charge in [-0.1, -0.05) is 5.16 Å². The molecule has 1 aromatic rings. The summed E-state index contributed by atoms with van der Waals surface area (Å²) in [6.45, 7) is 3.10. The Kier molecular flexibility index (Phi) is 3.53. The zero-order valence-electron chi connectivity index (χ0n) is 11.0. The van der Waals surface area contributed by atoms with Gasteiger partial charge in [-0.05, 0) is 37.5 Å². The molecule has 106 valence electrons. The van der Waals surface area contributed by atoms with Gasteiger partial charge < -0.3 is 10.3 Å². The molecule has 0 bridgehead atoms. The van der Waals surface area contributed by atoms with Crippen molar-refractivity contribution in [3.8, 4) is 0 Å². The van der Waals surface area contributed by atoms with Crippen molar-refractivity contribution in [2.24, 2.45) is 17.6 Å². The van der Waals surface area contributed by atoms with Crippen molar-refractivity contribution < 1.29 is 4.52 Å². The molecule has 3 fully saturated rings. The first-order valence-electron chi connectivity index (χ1n) is 7.10. The van der Waals surface area contributed by atoms with Crippen LogP contribution in [0.3, 0.4) is 0 Å². The Bertz CT molecular complexity index is 448. The maximum absolute atomic E-state index is 6.15. The number of hydrogen-bond donors (Lipinski definition) is 1. The molecule has 3 aliphatic rings. The average molecular weight is 285 g/mol. The Morgan fingerprint density at radius 2 is 2.05 bits per heavy atom. The number of rotatable bonds is 3. The highest BCUT2D eigenvalue weighted by Gasteiger charge is 2.41. The van der Waals surface area contributed by atoms with Gasteiger partial charge >= 0.3 is 0 Å². The smallest absolute Gasteiger partial charge is 0.229 e. The molecule has 0 radical (unpaired) electrons. The van der Waals surface area contributed by atoms with Crippen LogP contribution in [-0.4, -0.2) is 34.2 Å². The van der Waals surface area contributed by atoms with Crippen LogP contribution in [0, 0.1) is 11.8 Å². The molecule has 3 unspecified atom stereocenters. The van der Waals surface area contributed by atoms with E-state index in [-0.39, 0.29) is 12.4 Å².